The molecule has 1 saturated carbocycles. The number of aliphatic hydroxyl groups excluding tert-OH is 1. The molecule has 1 aliphatic carbocycles. The third-order valence-electron chi connectivity index (χ3n) is 5.21. The second kappa shape index (κ2) is 7.77. The lowest BCUT2D eigenvalue weighted by molar-refractivity contribution is 0.0154. The molecule has 2 rings (SSSR count). The minimum absolute atomic E-state index is 0.0495. The highest BCUT2D eigenvalue weighted by atomic mass is 16.3. The molecule has 0 amide bonds. The molecule has 3 unspecified atom stereocenters. The van der Waals surface area contributed by atoms with Crippen molar-refractivity contribution in [3.05, 3.63) is 0 Å². The maximum absolute atomic E-state index is 10.2. The van der Waals surface area contributed by atoms with Gasteiger partial charge in [0, 0.05) is 39.3 Å². The molecule has 3 atom stereocenters. The van der Waals surface area contributed by atoms with Crippen LogP contribution in [0.4, 0.5) is 0 Å². The van der Waals surface area contributed by atoms with E-state index in [4.69, 9.17) is 0 Å². The van der Waals surface area contributed by atoms with Gasteiger partial charge in [0.1, 0.15) is 0 Å². The average molecular weight is 282 g/mol. The zero-order valence-electron chi connectivity index (χ0n) is 13.7. The molecule has 0 aromatic rings. The summed E-state index contributed by atoms with van der Waals surface area (Å²) in [6.07, 6.45) is 4.73. The van der Waals surface area contributed by atoms with Crippen LogP contribution in [0.3, 0.4) is 0 Å². The molecule has 1 N–H and O–H groups in total. The monoisotopic (exact) mass is 282 g/mol. The normalized spacial score (nSPS) is 33.8. The largest absolute Gasteiger partial charge is 0.393 e. The number of hydrogen-bond acceptors (Lipinski definition) is 3. The Balaban J connectivity index is 1.74. The Labute approximate surface area is 125 Å². The molecule has 0 bridgehead atoms. The number of aliphatic hydroxyl groups is 1. The molecule has 118 valence electrons. The fourth-order valence-electron chi connectivity index (χ4n) is 3.91. The fraction of sp³-hybridized carbons (Fsp3) is 1.00. The van der Waals surface area contributed by atoms with Gasteiger partial charge in [-0.15, -0.1) is 0 Å². The Kier molecular flexibility index (Phi) is 6.31. The topological polar surface area (TPSA) is 26.7 Å². The van der Waals surface area contributed by atoms with E-state index in [1.165, 1.54) is 52.0 Å². The zero-order chi connectivity index (χ0) is 14.5. The maximum Gasteiger partial charge on any atom is 0.0580 e. The van der Waals surface area contributed by atoms with Gasteiger partial charge in [0.25, 0.3) is 0 Å². The lowest BCUT2D eigenvalue weighted by atomic mass is 9.78. The van der Waals surface area contributed by atoms with E-state index in [-0.39, 0.29) is 6.10 Å². The Bertz CT molecular complexity index is 274. The van der Waals surface area contributed by atoms with Gasteiger partial charge < -0.3 is 14.9 Å². The van der Waals surface area contributed by atoms with E-state index in [9.17, 15) is 5.11 Å². The fourth-order valence-corrected chi connectivity index (χ4v) is 3.91. The molecule has 0 radical (unpaired) electrons. The quantitative estimate of drug-likeness (QED) is 0.839. The van der Waals surface area contributed by atoms with Crippen molar-refractivity contribution in [2.45, 2.75) is 52.6 Å². The van der Waals surface area contributed by atoms with Crippen molar-refractivity contribution in [2.24, 2.45) is 17.8 Å². The molecule has 1 heterocycles. The molecule has 3 heteroatoms. The molecule has 0 spiro atoms. The molecule has 1 saturated heterocycles. The van der Waals surface area contributed by atoms with Gasteiger partial charge in [-0.25, -0.2) is 0 Å². The highest BCUT2D eigenvalue weighted by molar-refractivity contribution is 4.83. The van der Waals surface area contributed by atoms with Crippen LogP contribution in [0.1, 0.15) is 46.5 Å². The van der Waals surface area contributed by atoms with Crippen LogP contribution < -0.4 is 0 Å². The summed E-state index contributed by atoms with van der Waals surface area (Å²) in [4.78, 5) is 5.18. The Morgan fingerprint density at radius 2 is 1.70 bits per heavy atom. The van der Waals surface area contributed by atoms with Crippen molar-refractivity contribution in [1.29, 1.82) is 0 Å². The summed E-state index contributed by atoms with van der Waals surface area (Å²) in [5, 5.41) is 10.2. The van der Waals surface area contributed by atoms with Crippen molar-refractivity contribution in [2.75, 3.05) is 39.3 Å². The van der Waals surface area contributed by atoms with E-state index in [1.807, 2.05) is 0 Å². The minimum atomic E-state index is -0.0495. The minimum Gasteiger partial charge on any atom is -0.393 e. The third-order valence-corrected chi connectivity index (χ3v) is 5.21. The van der Waals surface area contributed by atoms with E-state index >= 15 is 0 Å². The van der Waals surface area contributed by atoms with Gasteiger partial charge in [0.05, 0.1) is 6.10 Å². The summed E-state index contributed by atoms with van der Waals surface area (Å²) in [6.45, 7) is 14.0. The maximum atomic E-state index is 10.2. The van der Waals surface area contributed by atoms with E-state index in [0.29, 0.717) is 5.92 Å². The highest BCUT2D eigenvalue weighted by Gasteiger charge is 2.30. The van der Waals surface area contributed by atoms with E-state index < -0.39 is 0 Å². The van der Waals surface area contributed by atoms with Crippen LogP contribution in [-0.4, -0.2) is 60.3 Å². The van der Waals surface area contributed by atoms with Gasteiger partial charge in [0.15, 0.2) is 0 Å². The van der Waals surface area contributed by atoms with Crippen molar-refractivity contribution >= 4 is 0 Å². The van der Waals surface area contributed by atoms with Crippen LogP contribution in [0.5, 0.6) is 0 Å². The van der Waals surface area contributed by atoms with E-state index in [1.54, 1.807) is 0 Å². The van der Waals surface area contributed by atoms with Crippen LogP contribution in [0.25, 0.3) is 0 Å². The second-order valence-electron chi connectivity index (χ2n) is 7.41. The van der Waals surface area contributed by atoms with Crippen molar-refractivity contribution in [3.8, 4) is 0 Å². The molecular weight excluding hydrogens is 248 g/mol. The van der Waals surface area contributed by atoms with Gasteiger partial charge in [0.2, 0.25) is 0 Å². The predicted octanol–water partition coefficient (Wildman–Crippen LogP) is 2.45. The van der Waals surface area contributed by atoms with Crippen LogP contribution >= 0.6 is 0 Å². The molecule has 2 aliphatic rings. The summed E-state index contributed by atoms with van der Waals surface area (Å²) in [7, 11) is 0. The summed E-state index contributed by atoms with van der Waals surface area (Å²) in [5.41, 5.74) is 0. The molecule has 0 aromatic heterocycles. The Hall–Kier alpha value is -0.120. The van der Waals surface area contributed by atoms with Crippen LogP contribution in [0.2, 0.25) is 0 Å². The Morgan fingerprint density at radius 3 is 2.30 bits per heavy atom. The first-order valence-corrected chi connectivity index (χ1v) is 8.71. The molecule has 1 aliphatic heterocycles. The summed E-state index contributed by atoms with van der Waals surface area (Å²) >= 11 is 0. The van der Waals surface area contributed by atoms with Crippen LogP contribution in [0.15, 0.2) is 0 Å². The van der Waals surface area contributed by atoms with Gasteiger partial charge in [-0.1, -0.05) is 27.2 Å². The first kappa shape index (κ1) is 16.3. The van der Waals surface area contributed by atoms with E-state index in [0.717, 1.165) is 24.8 Å². The SMILES string of the molecule is CCC1CCC(O)C(CN2CCN(CC(C)C)CC2)C1. The van der Waals surface area contributed by atoms with Crippen molar-refractivity contribution in [1.82, 2.24) is 9.80 Å². The smallest absolute Gasteiger partial charge is 0.0580 e. The highest BCUT2D eigenvalue weighted by Crippen LogP contribution is 2.32. The van der Waals surface area contributed by atoms with Gasteiger partial charge >= 0.3 is 0 Å². The number of rotatable bonds is 5. The molecule has 3 nitrogen and oxygen atoms in total. The van der Waals surface area contributed by atoms with Gasteiger partial charge in [-0.3, -0.25) is 0 Å². The van der Waals surface area contributed by atoms with Gasteiger partial charge in [-0.2, -0.15) is 0 Å². The average Bonchev–Trinajstić information content (AvgIpc) is 2.43. The Morgan fingerprint density at radius 1 is 1.05 bits per heavy atom. The molecule has 20 heavy (non-hydrogen) atoms. The lowest BCUT2D eigenvalue weighted by Gasteiger charge is -2.40. The molecule has 0 aromatic carbocycles. The molecule has 2 fully saturated rings. The van der Waals surface area contributed by atoms with Crippen LogP contribution in [-0.2, 0) is 0 Å². The van der Waals surface area contributed by atoms with Crippen molar-refractivity contribution < 1.29 is 5.11 Å². The van der Waals surface area contributed by atoms with E-state index in [2.05, 4.69) is 30.6 Å². The lowest BCUT2D eigenvalue weighted by Crippen LogP contribution is -2.50. The number of nitrogens with zero attached hydrogens (tertiary/aromatic N) is 2. The summed E-state index contributed by atoms with van der Waals surface area (Å²) in [6, 6.07) is 0. The zero-order valence-corrected chi connectivity index (χ0v) is 13.7. The summed E-state index contributed by atoms with van der Waals surface area (Å²) < 4.78 is 0. The molecular formula is C17H34N2O. The number of piperazine rings is 1. The second-order valence-corrected chi connectivity index (χ2v) is 7.41. The van der Waals surface area contributed by atoms with Crippen molar-refractivity contribution in [3.63, 3.8) is 0 Å². The van der Waals surface area contributed by atoms with Gasteiger partial charge in [-0.05, 0) is 37.0 Å². The predicted molar refractivity (Wildman–Crippen MR) is 84.8 cm³/mol. The van der Waals surface area contributed by atoms with Crippen LogP contribution in [0, 0.1) is 17.8 Å². The number of hydrogen-bond donors (Lipinski definition) is 1. The summed E-state index contributed by atoms with van der Waals surface area (Å²) in [5.74, 6) is 2.14. The standard InChI is InChI=1S/C17H34N2O/c1-4-15-5-6-17(20)16(11-15)13-19-9-7-18(8-10-19)12-14(2)3/h14-17,20H,4-13H2,1-3H3. The first-order valence-electron chi connectivity index (χ1n) is 8.71. The third kappa shape index (κ3) is 4.71. The first-order chi connectivity index (χ1) is 9.58.